The number of rotatable bonds is 4. The molecule has 0 fully saturated rings. The maximum Gasteiger partial charge on any atom is 0.436 e. The van der Waals surface area contributed by atoms with Crippen LogP contribution in [0.25, 0.3) is 5.69 Å². The molecule has 3 aromatic rings. The van der Waals surface area contributed by atoms with Gasteiger partial charge in [-0.3, -0.25) is 4.79 Å². The van der Waals surface area contributed by atoms with Gasteiger partial charge in [0.15, 0.2) is 17.2 Å². The normalized spacial score (nSPS) is 11.6. The van der Waals surface area contributed by atoms with Crippen molar-refractivity contribution in [1.29, 1.82) is 0 Å². The number of carbonyl (C=O) groups is 1. The van der Waals surface area contributed by atoms with Gasteiger partial charge in [-0.1, -0.05) is 17.7 Å². The van der Waals surface area contributed by atoms with Crippen LogP contribution in [0.1, 0.15) is 27.3 Å². The molecule has 31 heavy (non-hydrogen) atoms. The van der Waals surface area contributed by atoms with Crippen molar-refractivity contribution < 1.29 is 28.2 Å². The van der Waals surface area contributed by atoms with Gasteiger partial charge in [-0.05, 0) is 37.3 Å². The third-order valence-electron chi connectivity index (χ3n) is 4.69. The molecule has 3 rings (SSSR count). The van der Waals surface area contributed by atoms with Crippen LogP contribution in [-0.2, 0) is 12.1 Å². The Balaban J connectivity index is 2.02. The van der Waals surface area contributed by atoms with Crippen molar-refractivity contribution in [3.05, 3.63) is 63.9 Å². The number of hydrogen-bond donors (Lipinski definition) is 2. The van der Waals surface area contributed by atoms with E-state index in [0.717, 1.165) is 4.68 Å². The molecular weight excluding hydrogens is 458 g/mol. The number of phenolic OH excluding ortho intramolecular Hbond substituents is 2. The van der Waals surface area contributed by atoms with Crippen molar-refractivity contribution >= 4 is 34.8 Å². The quantitative estimate of drug-likeness (QED) is 0.399. The molecule has 164 valence electrons. The standard InChI is InChI=1S/C20H16Cl2F3N3O3/c1-10-16(22)18(20(23,24)25)26-28(10)12-5-3-4-11(8-12)19(31)27(2)14-6-7-15(29)17(30)13(14)9-21/h3-8,29-30H,9H2,1-2H3. The number of halogens is 5. The summed E-state index contributed by atoms with van der Waals surface area (Å²) < 4.78 is 40.4. The van der Waals surface area contributed by atoms with Gasteiger partial charge in [0.2, 0.25) is 0 Å². The van der Waals surface area contributed by atoms with E-state index in [1.54, 1.807) is 0 Å². The average Bonchev–Trinajstić information content (AvgIpc) is 3.04. The van der Waals surface area contributed by atoms with Crippen LogP contribution in [0.15, 0.2) is 36.4 Å². The van der Waals surface area contributed by atoms with Gasteiger partial charge in [-0.2, -0.15) is 18.3 Å². The SMILES string of the molecule is Cc1c(Cl)c(C(F)(F)F)nn1-c1cccc(C(=O)N(C)c2ccc(O)c(O)c2CCl)c1. The third kappa shape index (κ3) is 4.15. The second-order valence-corrected chi connectivity index (χ2v) is 7.28. The zero-order chi connectivity index (χ0) is 23.1. The first-order chi connectivity index (χ1) is 14.5. The molecule has 0 aliphatic rings. The molecule has 1 aromatic heterocycles. The fraction of sp³-hybridized carbons (Fsp3) is 0.200. The Kier molecular flexibility index (Phi) is 6.11. The molecule has 1 amide bonds. The number of phenols is 2. The zero-order valence-electron chi connectivity index (χ0n) is 16.2. The summed E-state index contributed by atoms with van der Waals surface area (Å²) >= 11 is 11.7. The minimum absolute atomic E-state index is 0.0693. The molecule has 2 aromatic carbocycles. The molecule has 0 saturated heterocycles. The Morgan fingerprint density at radius 2 is 1.90 bits per heavy atom. The number of carbonyl (C=O) groups excluding carboxylic acids is 1. The van der Waals surface area contributed by atoms with Gasteiger partial charge in [-0.15, -0.1) is 11.6 Å². The first kappa shape index (κ1) is 22.8. The van der Waals surface area contributed by atoms with E-state index in [2.05, 4.69) is 5.10 Å². The van der Waals surface area contributed by atoms with Gasteiger partial charge in [0.05, 0.1) is 28.0 Å². The lowest BCUT2D eigenvalue weighted by Gasteiger charge is -2.21. The van der Waals surface area contributed by atoms with Crippen LogP contribution in [0.3, 0.4) is 0 Å². The van der Waals surface area contributed by atoms with E-state index in [0.29, 0.717) is 0 Å². The molecule has 0 saturated carbocycles. The van der Waals surface area contributed by atoms with Crippen LogP contribution in [0.2, 0.25) is 5.02 Å². The summed E-state index contributed by atoms with van der Waals surface area (Å²) in [7, 11) is 1.44. The monoisotopic (exact) mass is 473 g/mol. The van der Waals surface area contributed by atoms with Crippen LogP contribution >= 0.6 is 23.2 Å². The maximum absolute atomic E-state index is 13.1. The summed E-state index contributed by atoms with van der Waals surface area (Å²) in [6, 6.07) is 8.47. The number of aromatic nitrogens is 2. The fourth-order valence-electron chi connectivity index (χ4n) is 3.05. The molecular formula is C20H16Cl2F3N3O3. The Labute approximate surface area is 185 Å². The predicted octanol–water partition coefficient (Wildman–Crippen LogP) is 5.28. The Hall–Kier alpha value is -2.91. The molecule has 2 N–H and O–H groups in total. The number of alkyl halides is 4. The number of nitrogens with zero attached hydrogens (tertiary/aromatic N) is 3. The maximum atomic E-state index is 13.1. The number of hydrogen-bond acceptors (Lipinski definition) is 4. The summed E-state index contributed by atoms with van der Waals surface area (Å²) in [5.41, 5.74) is -0.379. The van der Waals surface area contributed by atoms with E-state index in [4.69, 9.17) is 23.2 Å². The van der Waals surface area contributed by atoms with E-state index < -0.39 is 28.5 Å². The Morgan fingerprint density at radius 3 is 2.48 bits per heavy atom. The predicted molar refractivity (Wildman–Crippen MR) is 110 cm³/mol. The van der Waals surface area contributed by atoms with Crippen LogP contribution in [0, 0.1) is 6.92 Å². The van der Waals surface area contributed by atoms with E-state index in [1.807, 2.05) is 0 Å². The molecule has 0 aliphatic heterocycles. The zero-order valence-corrected chi connectivity index (χ0v) is 17.7. The Morgan fingerprint density at radius 1 is 1.23 bits per heavy atom. The van der Waals surface area contributed by atoms with Crippen molar-refractivity contribution in [2.45, 2.75) is 19.0 Å². The van der Waals surface area contributed by atoms with Crippen LogP contribution in [-0.4, -0.2) is 32.9 Å². The summed E-state index contributed by atoms with van der Waals surface area (Å²) in [6.45, 7) is 1.39. The van der Waals surface area contributed by atoms with Gasteiger partial charge < -0.3 is 15.1 Å². The lowest BCUT2D eigenvalue weighted by Crippen LogP contribution is -2.27. The number of aromatic hydroxyl groups is 2. The average molecular weight is 474 g/mol. The van der Waals surface area contributed by atoms with Gasteiger partial charge in [-0.25, -0.2) is 4.68 Å². The highest BCUT2D eigenvalue weighted by Crippen LogP contribution is 2.38. The molecule has 0 bridgehead atoms. The third-order valence-corrected chi connectivity index (χ3v) is 5.41. The topological polar surface area (TPSA) is 78.6 Å². The molecule has 0 spiro atoms. The molecule has 0 radical (unpaired) electrons. The van der Waals surface area contributed by atoms with E-state index in [1.165, 1.54) is 55.3 Å². The van der Waals surface area contributed by atoms with Crippen LogP contribution in [0.5, 0.6) is 11.5 Å². The van der Waals surface area contributed by atoms with Gasteiger partial charge in [0, 0.05) is 18.2 Å². The minimum Gasteiger partial charge on any atom is -0.504 e. The fourth-order valence-corrected chi connectivity index (χ4v) is 3.54. The molecule has 11 heteroatoms. The second-order valence-electron chi connectivity index (χ2n) is 6.64. The number of benzene rings is 2. The highest BCUT2D eigenvalue weighted by Gasteiger charge is 2.38. The van der Waals surface area contributed by atoms with Gasteiger partial charge in [0.25, 0.3) is 5.91 Å². The van der Waals surface area contributed by atoms with Crippen molar-refractivity contribution in [2.75, 3.05) is 11.9 Å². The molecule has 6 nitrogen and oxygen atoms in total. The minimum atomic E-state index is -4.72. The number of amides is 1. The highest BCUT2D eigenvalue weighted by molar-refractivity contribution is 6.32. The largest absolute Gasteiger partial charge is 0.504 e. The first-order valence-corrected chi connectivity index (χ1v) is 9.69. The smallest absolute Gasteiger partial charge is 0.436 e. The van der Waals surface area contributed by atoms with E-state index in [-0.39, 0.29) is 39.8 Å². The Bertz CT molecular complexity index is 1160. The van der Waals surface area contributed by atoms with Crippen LogP contribution in [0.4, 0.5) is 18.9 Å². The molecule has 0 aliphatic carbocycles. The van der Waals surface area contributed by atoms with Crippen molar-refractivity contribution in [2.24, 2.45) is 0 Å². The summed E-state index contributed by atoms with van der Waals surface area (Å²) in [4.78, 5) is 14.2. The molecule has 0 unspecified atom stereocenters. The lowest BCUT2D eigenvalue weighted by molar-refractivity contribution is -0.141. The van der Waals surface area contributed by atoms with Crippen LogP contribution < -0.4 is 4.90 Å². The van der Waals surface area contributed by atoms with Gasteiger partial charge in [0.1, 0.15) is 0 Å². The highest BCUT2D eigenvalue weighted by atomic mass is 35.5. The summed E-state index contributed by atoms with van der Waals surface area (Å²) in [6.07, 6.45) is -4.72. The van der Waals surface area contributed by atoms with E-state index in [9.17, 15) is 28.2 Å². The van der Waals surface area contributed by atoms with E-state index >= 15 is 0 Å². The summed E-state index contributed by atoms with van der Waals surface area (Å²) in [5, 5.41) is 22.7. The summed E-state index contributed by atoms with van der Waals surface area (Å²) in [5.74, 6) is -1.51. The molecule has 1 heterocycles. The van der Waals surface area contributed by atoms with Crippen molar-refractivity contribution in [3.63, 3.8) is 0 Å². The second kappa shape index (κ2) is 8.32. The lowest BCUT2D eigenvalue weighted by atomic mass is 10.1. The molecule has 0 atom stereocenters. The van der Waals surface area contributed by atoms with Crippen molar-refractivity contribution in [1.82, 2.24) is 9.78 Å². The van der Waals surface area contributed by atoms with Gasteiger partial charge >= 0.3 is 6.18 Å². The first-order valence-electron chi connectivity index (χ1n) is 8.78. The number of anilines is 1. The van der Waals surface area contributed by atoms with Crippen molar-refractivity contribution in [3.8, 4) is 17.2 Å².